The maximum atomic E-state index is 5.92. The number of benzene rings is 1. The first-order valence-corrected chi connectivity index (χ1v) is 9.19. The minimum Gasteiger partial charge on any atom is -0.487 e. The molecule has 1 aliphatic rings. The molecular weight excluding hydrogens is 324 g/mol. The highest BCUT2D eigenvalue weighted by atomic mass is 16.5. The van der Waals surface area contributed by atoms with Gasteiger partial charge in [-0.25, -0.2) is 4.98 Å². The molecule has 2 aromatic heterocycles. The van der Waals surface area contributed by atoms with Crippen molar-refractivity contribution in [1.29, 1.82) is 0 Å². The highest BCUT2D eigenvalue weighted by Gasteiger charge is 2.22. The van der Waals surface area contributed by atoms with Crippen molar-refractivity contribution in [3.8, 4) is 17.1 Å². The summed E-state index contributed by atoms with van der Waals surface area (Å²) in [6, 6.07) is 15.0. The second-order valence-corrected chi connectivity index (χ2v) is 6.83. The van der Waals surface area contributed by atoms with Gasteiger partial charge < -0.3 is 14.6 Å². The largest absolute Gasteiger partial charge is 0.487 e. The summed E-state index contributed by atoms with van der Waals surface area (Å²) in [6.45, 7) is 3.76. The number of rotatable bonds is 5. The molecule has 134 valence electrons. The van der Waals surface area contributed by atoms with E-state index in [-0.39, 0.29) is 0 Å². The lowest BCUT2D eigenvalue weighted by Gasteiger charge is -2.30. The molecule has 4 rings (SSSR count). The Morgan fingerprint density at radius 1 is 1.15 bits per heavy atom. The molecule has 5 heteroatoms. The highest BCUT2D eigenvalue weighted by Crippen LogP contribution is 2.29. The zero-order valence-corrected chi connectivity index (χ0v) is 15.0. The molecule has 3 aromatic rings. The molecule has 0 spiro atoms. The average molecular weight is 348 g/mol. The zero-order chi connectivity index (χ0) is 17.8. The highest BCUT2D eigenvalue weighted by molar-refractivity contribution is 5.58. The van der Waals surface area contributed by atoms with Gasteiger partial charge in [0, 0.05) is 36.2 Å². The molecule has 1 fully saturated rings. The number of nitrogens with zero attached hydrogens (tertiary/aromatic N) is 3. The minimum atomic E-state index is 0.463. The molecule has 0 radical (unpaired) electrons. The molecule has 0 bridgehead atoms. The van der Waals surface area contributed by atoms with Crippen LogP contribution in [0.5, 0.6) is 5.75 Å². The molecule has 1 aromatic carbocycles. The van der Waals surface area contributed by atoms with Gasteiger partial charge in [-0.15, -0.1) is 0 Å². The summed E-state index contributed by atoms with van der Waals surface area (Å²) >= 11 is 0. The third kappa shape index (κ3) is 3.78. The van der Waals surface area contributed by atoms with Gasteiger partial charge in [0.15, 0.2) is 0 Å². The molecular formula is C21H24N4O. The summed E-state index contributed by atoms with van der Waals surface area (Å²) in [7, 11) is 0. The van der Waals surface area contributed by atoms with Gasteiger partial charge in [0.05, 0.1) is 5.69 Å². The number of aromatic nitrogens is 3. The van der Waals surface area contributed by atoms with Crippen LogP contribution in [-0.4, -0.2) is 27.1 Å². The van der Waals surface area contributed by atoms with Gasteiger partial charge in [-0.05, 0) is 50.6 Å². The van der Waals surface area contributed by atoms with Gasteiger partial charge in [0.25, 0.3) is 0 Å². The SMILES string of the molecule is C[C@H]1C[C@H](n2ccnc2-c2cccc(OCc3ccccn3)c2)CCN1. The number of hydrogen-bond donors (Lipinski definition) is 1. The van der Waals surface area contributed by atoms with Crippen molar-refractivity contribution in [3.05, 3.63) is 66.7 Å². The third-order valence-electron chi connectivity index (χ3n) is 4.86. The van der Waals surface area contributed by atoms with Crippen molar-refractivity contribution < 1.29 is 4.74 Å². The molecule has 1 N–H and O–H groups in total. The fourth-order valence-electron chi connectivity index (χ4n) is 3.56. The Morgan fingerprint density at radius 2 is 2.12 bits per heavy atom. The van der Waals surface area contributed by atoms with Crippen molar-refractivity contribution in [3.63, 3.8) is 0 Å². The van der Waals surface area contributed by atoms with Gasteiger partial charge >= 0.3 is 0 Å². The minimum absolute atomic E-state index is 0.463. The predicted molar refractivity (Wildman–Crippen MR) is 102 cm³/mol. The van der Waals surface area contributed by atoms with Crippen molar-refractivity contribution >= 4 is 0 Å². The fraction of sp³-hybridized carbons (Fsp3) is 0.333. The maximum absolute atomic E-state index is 5.92. The van der Waals surface area contributed by atoms with Crippen LogP contribution in [0.15, 0.2) is 61.1 Å². The van der Waals surface area contributed by atoms with Crippen LogP contribution >= 0.6 is 0 Å². The lowest BCUT2D eigenvalue weighted by Crippen LogP contribution is -2.36. The average Bonchev–Trinajstić information content (AvgIpc) is 3.17. The van der Waals surface area contributed by atoms with E-state index in [1.807, 2.05) is 36.5 Å². The zero-order valence-electron chi connectivity index (χ0n) is 15.0. The number of ether oxygens (including phenoxy) is 1. The Morgan fingerprint density at radius 3 is 2.96 bits per heavy atom. The Hall–Kier alpha value is -2.66. The van der Waals surface area contributed by atoms with E-state index in [4.69, 9.17) is 4.74 Å². The number of piperidine rings is 1. The summed E-state index contributed by atoms with van der Waals surface area (Å²) in [5.41, 5.74) is 2.00. The van der Waals surface area contributed by atoms with Gasteiger partial charge in [-0.3, -0.25) is 4.98 Å². The predicted octanol–water partition coefficient (Wildman–Crippen LogP) is 3.84. The van der Waals surface area contributed by atoms with Crippen LogP contribution < -0.4 is 10.1 Å². The van der Waals surface area contributed by atoms with Crippen LogP contribution in [0.25, 0.3) is 11.4 Å². The van der Waals surface area contributed by atoms with E-state index in [9.17, 15) is 0 Å². The summed E-state index contributed by atoms with van der Waals surface area (Å²) < 4.78 is 8.24. The molecule has 3 heterocycles. The number of imidazole rings is 1. The van der Waals surface area contributed by atoms with Crippen molar-refractivity contribution in [2.75, 3.05) is 6.54 Å². The molecule has 2 atom stereocenters. The summed E-state index contributed by atoms with van der Waals surface area (Å²) in [6.07, 6.45) is 8.03. The van der Waals surface area contributed by atoms with E-state index in [0.29, 0.717) is 18.7 Å². The van der Waals surface area contributed by atoms with E-state index in [0.717, 1.165) is 42.2 Å². The summed E-state index contributed by atoms with van der Waals surface area (Å²) in [5.74, 6) is 1.84. The molecule has 0 aliphatic carbocycles. The Kier molecular flexibility index (Phi) is 4.97. The first-order valence-electron chi connectivity index (χ1n) is 9.19. The Balaban J connectivity index is 1.53. The molecule has 5 nitrogen and oxygen atoms in total. The van der Waals surface area contributed by atoms with Crippen LogP contribution in [0.4, 0.5) is 0 Å². The van der Waals surface area contributed by atoms with E-state index in [1.165, 1.54) is 0 Å². The molecule has 1 aliphatic heterocycles. The standard InChI is InChI=1S/C21H24N4O/c1-16-13-19(8-10-22-16)25-12-11-24-21(25)17-5-4-7-20(14-17)26-15-18-6-2-3-9-23-18/h2-7,9,11-12,14,16,19,22H,8,10,13,15H2,1H3/t16-,19+/m0/s1. The second-order valence-electron chi connectivity index (χ2n) is 6.83. The normalized spacial score (nSPS) is 20.0. The van der Waals surface area contributed by atoms with Gasteiger partial charge in [0.1, 0.15) is 18.2 Å². The topological polar surface area (TPSA) is 52.0 Å². The quantitative estimate of drug-likeness (QED) is 0.761. The Bertz CT molecular complexity index is 846. The smallest absolute Gasteiger partial charge is 0.140 e. The van der Waals surface area contributed by atoms with Gasteiger partial charge in [-0.2, -0.15) is 0 Å². The first-order chi connectivity index (χ1) is 12.8. The number of pyridine rings is 1. The molecule has 26 heavy (non-hydrogen) atoms. The molecule has 0 saturated carbocycles. The van der Waals surface area contributed by atoms with Crippen LogP contribution in [0.2, 0.25) is 0 Å². The van der Waals surface area contributed by atoms with Crippen LogP contribution in [0.1, 0.15) is 31.5 Å². The lowest BCUT2D eigenvalue weighted by molar-refractivity contribution is 0.301. The van der Waals surface area contributed by atoms with Crippen LogP contribution in [0.3, 0.4) is 0 Å². The summed E-state index contributed by atoms with van der Waals surface area (Å²) in [5, 5.41) is 3.51. The summed E-state index contributed by atoms with van der Waals surface area (Å²) in [4.78, 5) is 8.92. The number of nitrogens with one attached hydrogen (secondary N) is 1. The fourth-order valence-corrected chi connectivity index (χ4v) is 3.56. The van der Waals surface area contributed by atoms with E-state index in [2.05, 4.69) is 45.1 Å². The van der Waals surface area contributed by atoms with Gasteiger partial charge in [-0.1, -0.05) is 18.2 Å². The van der Waals surface area contributed by atoms with Crippen molar-refractivity contribution in [1.82, 2.24) is 19.9 Å². The lowest BCUT2D eigenvalue weighted by atomic mass is 10.00. The number of hydrogen-bond acceptors (Lipinski definition) is 4. The van der Waals surface area contributed by atoms with Gasteiger partial charge in [0.2, 0.25) is 0 Å². The maximum Gasteiger partial charge on any atom is 0.140 e. The van der Waals surface area contributed by atoms with E-state index >= 15 is 0 Å². The van der Waals surface area contributed by atoms with Crippen LogP contribution in [0, 0.1) is 0 Å². The monoisotopic (exact) mass is 348 g/mol. The second kappa shape index (κ2) is 7.70. The Labute approximate surface area is 154 Å². The van der Waals surface area contributed by atoms with Crippen molar-refractivity contribution in [2.24, 2.45) is 0 Å². The first kappa shape index (κ1) is 16.8. The van der Waals surface area contributed by atoms with E-state index in [1.54, 1.807) is 6.20 Å². The van der Waals surface area contributed by atoms with E-state index < -0.39 is 0 Å². The molecule has 0 unspecified atom stereocenters. The molecule has 1 saturated heterocycles. The van der Waals surface area contributed by atoms with Crippen LogP contribution in [-0.2, 0) is 6.61 Å². The van der Waals surface area contributed by atoms with Crippen molar-refractivity contribution in [2.45, 2.75) is 38.5 Å². The molecule has 0 amide bonds. The third-order valence-corrected chi connectivity index (χ3v) is 4.86.